The first-order valence-corrected chi connectivity index (χ1v) is 13.7. The Hall–Kier alpha value is -3.58. The van der Waals surface area contributed by atoms with Gasteiger partial charge in [-0.2, -0.15) is 0 Å². The average Bonchev–Trinajstić information content (AvgIpc) is 3.42. The standard InChI is InChI=1S/C31H36N4O3/c1-19-15-20(2)34-30(37)26(19)18-33-29(36)22-16-24(28-25(17-22)27-5-4-10-31(27,3)38-28)21-6-8-23(9-7-21)35-13-11-32-12-14-35/h6-9,15-17,27,32H,4-5,10-14,18H2,1-3H3,(H,33,36)(H,34,37)/t27-,31-/m0/s1. The molecule has 1 aromatic heterocycles. The van der Waals surface area contributed by atoms with Gasteiger partial charge >= 0.3 is 0 Å². The van der Waals surface area contributed by atoms with Gasteiger partial charge in [0.25, 0.3) is 11.5 Å². The molecule has 1 amide bonds. The third kappa shape index (κ3) is 4.39. The number of carbonyl (C=O) groups is 1. The number of H-pyrrole nitrogens is 1. The van der Waals surface area contributed by atoms with E-state index in [9.17, 15) is 9.59 Å². The van der Waals surface area contributed by atoms with E-state index in [0.717, 1.165) is 79.1 Å². The number of ether oxygens (including phenoxy) is 1. The lowest BCUT2D eigenvalue weighted by Gasteiger charge is -2.29. The minimum absolute atomic E-state index is 0.155. The number of carbonyl (C=O) groups excluding carboxylic acids is 1. The van der Waals surface area contributed by atoms with Crippen molar-refractivity contribution in [3.8, 4) is 16.9 Å². The Balaban J connectivity index is 1.33. The average molecular weight is 513 g/mol. The number of benzene rings is 2. The molecule has 2 aromatic carbocycles. The molecule has 7 heteroatoms. The van der Waals surface area contributed by atoms with E-state index in [1.807, 2.05) is 32.0 Å². The van der Waals surface area contributed by atoms with Gasteiger partial charge < -0.3 is 25.3 Å². The van der Waals surface area contributed by atoms with E-state index in [2.05, 4.69) is 51.7 Å². The molecule has 1 saturated carbocycles. The first kappa shape index (κ1) is 24.7. The number of hydrogen-bond acceptors (Lipinski definition) is 5. The summed E-state index contributed by atoms with van der Waals surface area (Å²) in [6.45, 7) is 10.1. The van der Waals surface area contributed by atoms with Crippen LogP contribution in [0.3, 0.4) is 0 Å². The van der Waals surface area contributed by atoms with Crippen LogP contribution < -0.4 is 25.8 Å². The molecule has 6 rings (SSSR count). The quantitative estimate of drug-likeness (QED) is 0.471. The molecule has 1 aliphatic carbocycles. The largest absolute Gasteiger partial charge is 0.486 e. The third-order valence-electron chi connectivity index (χ3n) is 8.57. The Morgan fingerprint density at radius 1 is 1.13 bits per heavy atom. The first-order valence-electron chi connectivity index (χ1n) is 13.7. The molecular weight excluding hydrogens is 476 g/mol. The van der Waals surface area contributed by atoms with E-state index in [0.29, 0.717) is 11.1 Å². The van der Waals surface area contributed by atoms with Crippen molar-refractivity contribution < 1.29 is 9.53 Å². The fraction of sp³-hybridized carbons (Fsp3) is 0.419. The molecule has 3 aliphatic rings. The van der Waals surface area contributed by atoms with Gasteiger partial charge in [-0.15, -0.1) is 0 Å². The van der Waals surface area contributed by atoms with Gasteiger partial charge in [0, 0.05) is 72.3 Å². The van der Waals surface area contributed by atoms with Gasteiger partial charge in [-0.25, -0.2) is 0 Å². The van der Waals surface area contributed by atoms with Crippen molar-refractivity contribution >= 4 is 11.6 Å². The van der Waals surface area contributed by atoms with Crippen LogP contribution in [0.25, 0.3) is 11.1 Å². The second-order valence-corrected chi connectivity index (χ2v) is 11.2. The summed E-state index contributed by atoms with van der Waals surface area (Å²) < 4.78 is 6.66. The van der Waals surface area contributed by atoms with Crippen molar-refractivity contribution in [2.45, 2.75) is 58.1 Å². The topological polar surface area (TPSA) is 86.5 Å². The Labute approximate surface area is 223 Å². The van der Waals surface area contributed by atoms with Gasteiger partial charge in [0.2, 0.25) is 0 Å². The number of rotatable bonds is 5. The summed E-state index contributed by atoms with van der Waals surface area (Å²) in [6, 6.07) is 14.5. The summed E-state index contributed by atoms with van der Waals surface area (Å²) in [5.41, 5.74) is 6.84. The molecule has 38 heavy (non-hydrogen) atoms. The molecule has 3 aromatic rings. The summed E-state index contributed by atoms with van der Waals surface area (Å²) >= 11 is 0. The number of aryl methyl sites for hydroxylation is 2. The number of aromatic nitrogens is 1. The third-order valence-corrected chi connectivity index (χ3v) is 8.57. The highest BCUT2D eigenvalue weighted by atomic mass is 16.5. The number of hydrogen-bond donors (Lipinski definition) is 3. The van der Waals surface area contributed by atoms with Crippen molar-refractivity contribution in [2.24, 2.45) is 0 Å². The van der Waals surface area contributed by atoms with Crippen molar-refractivity contribution in [3.63, 3.8) is 0 Å². The van der Waals surface area contributed by atoms with E-state index < -0.39 is 0 Å². The summed E-state index contributed by atoms with van der Waals surface area (Å²) in [5.74, 6) is 1.01. The number of pyridine rings is 1. The highest BCUT2D eigenvalue weighted by molar-refractivity contribution is 5.97. The minimum Gasteiger partial charge on any atom is -0.486 e. The van der Waals surface area contributed by atoms with Crippen molar-refractivity contribution in [1.82, 2.24) is 15.6 Å². The Kier molecular flexibility index (Phi) is 6.26. The zero-order valence-electron chi connectivity index (χ0n) is 22.4. The van der Waals surface area contributed by atoms with Crippen molar-refractivity contribution in [1.29, 1.82) is 0 Å². The second-order valence-electron chi connectivity index (χ2n) is 11.2. The normalized spacial score (nSPS) is 22.1. The summed E-state index contributed by atoms with van der Waals surface area (Å²) in [4.78, 5) is 31.1. The lowest BCUT2D eigenvalue weighted by atomic mass is 9.86. The smallest absolute Gasteiger partial charge is 0.253 e. The zero-order chi connectivity index (χ0) is 26.4. The molecule has 2 aliphatic heterocycles. The van der Waals surface area contributed by atoms with Gasteiger partial charge in [0.05, 0.1) is 0 Å². The summed E-state index contributed by atoms with van der Waals surface area (Å²) in [6.07, 6.45) is 3.21. The highest BCUT2D eigenvalue weighted by Gasteiger charge is 2.49. The van der Waals surface area contributed by atoms with Crippen LogP contribution in [0.4, 0.5) is 5.69 Å². The molecule has 1 saturated heterocycles. The number of piperazine rings is 1. The van der Waals surface area contributed by atoms with E-state index in [1.165, 1.54) is 5.69 Å². The zero-order valence-corrected chi connectivity index (χ0v) is 22.4. The minimum atomic E-state index is -0.223. The SMILES string of the molecule is Cc1cc(C)c(CNC(=O)c2cc(-c3ccc(N4CCNCC4)cc3)c3c(c2)[C@@H]2CCC[C@]2(C)O3)c(=O)[nH]1. The molecule has 0 spiro atoms. The molecule has 0 radical (unpaired) electrons. The van der Waals surface area contributed by atoms with Crippen molar-refractivity contribution in [2.75, 3.05) is 31.1 Å². The van der Waals surface area contributed by atoms with Crippen LogP contribution >= 0.6 is 0 Å². The van der Waals surface area contributed by atoms with Crippen LogP contribution in [0, 0.1) is 13.8 Å². The van der Waals surface area contributed by atoms with Gasteiger partial charge in [-0.3, -0.25) is 9.59 Å². The number of nitrogens with zero attached hydrogens (tertiary/aromatic N) is 1. The predicted molar refractivity (Wildman–Crippen MR) is 150 cm³/mol. The number of fused-ring (bicyclic) bond motifs is 3. The maximum absolute atomic E-state index is 13.4. The fourth-order valence-electron chi connectivity index (χ4n) is 6.49. The van der Waals surface area contributed by atoms with Gasteiger partial charge in [-0.1, -0.05) is 12.1 Å². The van der Waals surface area contributed by atoms with E-state index >= 15 is 0 Å². The lowest BCUT2D eigenvalue weighted by molar-refractivity contribution is 0.0950. The van der Waals surface area contributed by atoms with Crippen LogP contribution in [-0.2, 0) is 6.54 Å². The predicted octanol–water partition coefficient (Wildman–Crippen LogP) is 4.42. The van der Waals surface area contributed by atoms with E-state index in [4.69, 9.17) is 4.74 Å². The Morgan fingerprint density at radius 2 is 1.89 bits per heavy atom. The molecule has 3 heterocycles. The van der Waals surface area contributed by atoms with Crippen LogP contribution in [0.5, 0.6) is 5.75 Å². The second kappa shape index (κ2) is 9.62. The summed E-state index contributed by atoms with van der Waals surface area (Å²) in [7, 11) is 0. The maximum atomic E-state index is 13.4. The van der Waals surface area contributed by atoms with E-state index in [1.54, 1.807) is 0 Å². The maximum Gasteiger partial charge on any atom is 0.253 e. The van der Waals surface area contributed by atoms with E-state index in [-0.39, 0.29) is 29.5 Å². The molecule has 2 atom stereocenters. The molecular formula is C31H36N4O3. The molecule has 198 valence electrons. The molecule has 0 unspecified atom stereocenters. The molecule has 7 nitrogen and oxygen atoms in total. The first-order chi connectivity index (χ1) is 18.3. The van der Waals surface area contributed by atoms with Gasteiger partial charge in [0.1, 0.15) is 11.4 Å². The highest BCUT2D eigenvalue weighted by Crippen LogP contribution is 2.56. The molecule has 0 bridgehead atoms. The van der Waals surface area contributed by atoms with Crippen LogP contribution in [0.1, 0.15) is 64.8 Å². The monoisotopic (exact) mass is 512 g/mol. The molecule has 2 fully saturated rings. The van der Waals surface area contributed by atoms with Crippen LogP contribution in [0.2, 0.25) is 0 Å². The van der Waals surface area contributed by atoms with Crippen molar-refractivity contribution in [3.05, 3.63) is 80.8 Å². The Morgan fingerprint density at radius 3 is 2.63 bits per heavy atom. The van der Waals surface area contributed by atoms with Gasteiger partial charge in [0.15, 0.2) is 0 Å². The van der Waals surface area contributed by atoms with Gasteiger partial charge in [-0.05, 0) is 81.5 Å². The lowest BCUT2D eigenvalue weighted by Crippen LogP contribution is -2.43. The number of amides is 1. The molecule has 3 N–H and O–H groups in total. The van der Waals surface area contributed by atoms with Crippen LogP contribution in [0.15, 0.2) is 47.3 Å². The Bertz CT molecular complexity index is 1440. The number of nitrogens with one attached hydrogen (secondary N) is 3. The fourth-order valence-corrected chi connectivity index (χ4v) is 6.49. The summed E-state index contributed by atoms with van der Waals surface area (Å²) in [5, 5.41) is 6.40. The number of aromatic amines is 1. The van der Waals surface area contributed by atoms with Crippen LogP contribution in [-0.4, -0.2) is 42.7 Å². The number of anilines is 1.